The minimum Gasteiger partial charge on any atom is -0.481 e. The highest BCUT2D eigenvalue weighted by atomic mass is 16.5. The molecule has 6 heteroatoms. The summed E-state index contributed by atoms with van der Waals surface area (Å²) in [5, 5.41) is 18.2. The lowest BCUT2D eigenvalue weighted by Crippen LogP contribution is -2.44. The molecule has 0 aliphatic carbocycles. The van der Waals surface area contributed by atoms with Crippen LogP contribution in [0.3, 0.4) is 0 Å². The van der Waals surface area contributed by atoms with Crippen molar-refractivity contribution in [2.45, 2.75) is 44.9 Å². The molecule has 6 nitrogen and oxygen atoms in total. The Balaban J connectivity index is 3.02. The number of hydrogen-bond acceptors (Lipinski definition) is 4. The molecule has 126 valence electrons. The van der Waals surface area contributed by atoms with Crippen LogP contribution in [0.15, 0.2) is 24.3 Å². The summed E-state index contributed by atoms with van der Waals surface area (Å²) in [6, 6.07) is 6.66. The Labute approximate surface area is 135 Å². The van der Waals surface area contributed by atoms with Crippen LogP contribution in [0, 0.1) is 0 Å². The standard InChI is InChI=1S/C17H22O6/c1-3-17(15(20)21,16(22)23-4-2)13-10-8-12(9-11-13)6-5-7-14(18)19/h8-11H,3-7H2,1-2H3,(H,18,19)(H,20,21). The van der Waals surface area contributed by atoms with Gasteiger partial charge in [-0.1, -0.05) is 31.2 Å². The maximum Gasteiger partial charge on any atom is 0.328 e. The number of benzene rings is 1. The Kier molecular flexibility index (Phi) is 6.75. The second-order valence-corrected chi connectivity index (χ2v) is 5.23. The van der Waals surface area contributed by atoms with Gasteiger partial charge in [-0.3, -0.25) is 14.4 Å². The van der Waals surface area contributed by atoms with Crippen LogP contribution in [0.25, 0.3) is 0 Å². The van der Waals surface area contributed by atoms with Crippen LogP contribution in [0.1, 0.15) is 44.2 Å². The summed E-state index contributed by atoms with van der Waals surface area (Å²) in [6.07, 6.45) is 1.25. The molecule has 0 radical (unpaired) electrons. The molecule has 0 aliphatic rings. The highest BCUT2D eigenvalue weighted by molar-refractivity contribution is 6.05. The summed E-state index contributed by atoms with van der Waals surface area (Å²) < 4.78 is 4.95. The van der Waals surface area contributed by atoms with Crippen LogP contribution in [-0.4, -0.2) is 34.7 Å². The van der Waals surface area contributed by atoms with E-state index in [1.54, 1.807) is 38.1 Å². The summed E-state index contributed by atoms with van der Waals surface area (Å²) >= 11 is 0. The van der Waals surface area contributed by atoms with Crippen LogP contribution in [0.2, 0.25) is 0 Å². The zero-order valence-electron chi connectivity index (χ0n) is 13.4. The van der Waals surface area contributed by atoms with E-state index in [1.165, 1.54) is 0 Å². The quantitative estimate of drug-likeness (QED) is 0.535. The monoisotopic (exact) mass is 322 g/mol. The Bertz CT molecular complexity index is 563. The molecule has 0 bridgehead atoms. The molecule has 2 N–H and O–H groups in total. The average Bonchev–Trinajstić information content (AvgIpc) is 2.49. The fraction of sp³-hybridized carbons (Fsp3) is 0.471. The predicted molar refractivity (Wildman–Crippen MR) is 83.3 cm³/mol. The van der Waals surface area contributed by atoms with Crippen LogP contribution in [-0.2, 0) is 31.0 Å². The van der Waals surface area contributed by atoms with Gasteiger partial charge in [-0.05, 0) is 37.3 Å². The first-order valence-corrected chi connectivity index (χ1v) is 7.60. The van der Waals surface area contributed by atoms with E-state index in [-0.39, 0.29) is 19.4 Å². The highest BCUT2D eigenvalue weighted by Gasteiger charge is 2.47. The third-order valence-corrected chi connectivity index (χ3v) is 3.82. The van der Waals surface area contributed by atoms with Crippen molar-refractivity contribution in [1.82, 2.24) is 0 Å². The van der Waals surface area contributed by atoms with Crippen molar-refractivity contribution < 1.29 is 29.3 Å². The number of rotatable bonds is 9. The molecular weight excluding hydrogens is 300 g/mol. The molecule has 1 aromatic rings. The van der Waals surface area contributed by atoms with E-state index in [2.05, 4.69) is 0 Å². The molecule has 1 unspecified atom stereocenters. The molecule has 1 atom stereocenters. The fourth-order valence-electron chi connectivity index (χ4n) is 2.48. The van der Waals surface area contributed by atoms with Crippen molar-refractivity contribution in [1.29, 1.82) is 0 Å². The number of ether oxygens (including phenoxy) is 1. The molecule has 0 heterocycles. The fourth-order valence-corrected chi connectivity index (χ4v) is 2.48. The van der Waals surface area contributed by atoms with Crippen LogP contribution < -0.4 is 0 Å². The van der Waals surface area contributed by atoms with Gasteiger partial charge in [0.2, 0.25) is 0 Å². The first-order chi connectivity index (χ1) is 10.9. The zero-order chi connectivity index (χ0) is 17.5. The Morgan fingerprint density at radius 1 is 1.09 bits per heavy atom. The first kappa shape index (κ1) is 18.7. The number of carboxylic acid groups (broad SMARTS) is 2. The number of carbonyl (C=O) groups is 3. The molecule has 1 rings (SSSR count). The lowest BCUT2D eigenvalue weighted by Gasteiger charge is -2.26. The van der Waals surface area contributed by atoms with Gasteiger partial charge in [0.05, 0.1) is 6.61 Å². The third-order valence-electron chi connectivity index (χ3n) is 3.82. The van der Waals surface area contributed by atoms with Gasteiger partial charge in [-0.15, -0.1) is 0 Å². The van der Waals surface area contributed by atoms with Gasteiger partial charge in [-0.2, -0.15) is 0 Å². The maximum atomic E-state index is 12.2. The van der Waals surface area contributed by atoms with Gasteiger partial charge in [0.25, 0.3) is 0 Å². The first-order valence-electron chi connectivity index (χ1n) is 7.60. The molecule has 0 fully saturated rings. The summed E-state index contributed by atoms with van der Waals surface area (Å²) in [5.74, 6) is -2.86. The van der Waals surface area contributed by atoms with Crippen molar-refractivity contribution in [3.63, 3.8) is 0 Å². The van der Waals surface area contributed by atoms with Gasteiger partial charge in [0.1, 0.15) is 0 Å². The van der Waals surface area contributed by atoms with Crippen LogP contribution in [0.5, 0.6) is 0 Å². The Hall–Kier alpha value is -2.37. The van der Waals surface area contributed by atoms with Crippen molar-refractivity contribution in [2.24, 2.45) is 0 Å². The number of esters is 1. The smallest absolute Gasteiger partial charge is 0.328 e. The van der Waals surface area contributed by atoms with Gasteiger partial charge >= 0.3 is 17.9 Å². The van der Waals surface area contributed by atoms with E-state index in [4.69, 9.17) is 9.84 Å². The molecule has 1 aromatic carbocycles. The Morgan fingerprint density at radius 2 is 1.70 bits per heavy atom. The van der Waals surface area contributed by atoms with Crippen molar-refractivity contribution in [3.05, 3.63) is 35.4 Å². The molecule has 0 aromatic heterocycles. The largest absolute Gasteiger partial charge is 0.481 e. The molecule has 0 spiro atoms. The molecule has 0 aliphatic heterocycles. The van der Waals surface area contributed by atoms with Crippen molar-refractivity contribution in [2.75, 3.05) is 6.61 Å². The number of aliphatic carboxylic acids is 2. The van der Waals surface area contributed by atoms with Gasteiger partial charge in [-0.25, -0.2) is 0 Å². The topological polar surface area (TPSA) is 101 Å². The minimum absolute atomic E-state index is 0.0819. The SMILES string of the molecule is CCOC(=O)C(CC)(C(=O)O)c1ccc(CCCC(=O)O)cc1. The number of aryl methyl sites for hydroxylation is 1. The summed E-state index contributed by atoms with van der Waals surface area (Å²) in [6.45, 7) is 3.37. The van der Waals surface area contributed by atoms with Gasteiger partial charge in [0.15, 0.2) is 5.41 Å². The van der Waals surface area contributed by atoms with Crippen molar-refractivity contribution >= 4 is 17.9 Å². The lowest BCUT2D eigenvalue weighted by atomic mass is 9.77. The molecule has 0 saturated heterocycles. The van der Waals surface area contributed by atoms with Crippen molar-refractivity contribution in [3.8, 4) is 0 Å². The van der Waals surface area contributed by atoms with Crippen LogP contribution >= 0.6 is 0 Å². The van der Waals surface area contributed by atoms with E-state index in [9.17, 15) is 19.5 Å². The lowest BCUT2D eigenvalue weighted by molar-refractivity contribution is -0.161. The van der Waals surface area contributed by atoms with Crippen LogP contribution in [0.4, 0.5) is 0 Å². The summed E-state index contributed by atoms with van der Waals surface area (Å²) in [4.78, 5) is 34.4. The molecule has 23 heavy (non-hydrogen) atoms. The number of carbonyl (C=O) groups excluding carboxylic acids is 1. The predicted octanol–water partition coefficient (Wildman–Crippen LogP) is 2.39. The van der Waals surface area contributed by atoms with E-state index >= 15 is 0 Å². The summed E-state index contributed by atoms with van der Waals surface area (Å²) in [5.41, 5.74) is -0.447. The normalized spacial score (nSPS) is 13.1. The Morgan fingerprint density at radius 3 is 2.13 bits per heavy atom. The second kappa shape index (κ2) is 8.31. The maximum absolute atomic E-state index is 12.2. The highest BCUT2D eigenvalue weighted by Crippen LogP contribution is 2.30. The van der Waals surface area contributed by atoms with E-state index in [0.717, 1.165) is 5.56 Å². The van der Waals surface area contributed by atoms with E-state index in [0.29, 0.717) is 18.4 Å². The van der Waals surface area contributed by atoms with E-state index in [1.807, 2.05) is 0 Å². The summed E-state index contributed by atoms with van der Waals surface area (Å²) in [7, 11) is 0. The molecule has 0 amide bonds. The zero-order valence-corrected chi connectivity index (χ0v) is 13.4. The van der Waals surface area contributed by atoms with E-state index < -0.39 is 23.3 Å². The molecular formula is C17H22O6. The molecule has 0 saturated carbocycles. The van der Waals surface area contributed by atoms with Gasteiger partial charge in [0, 0.05) is 6.42 Å². The number of carboxylic acids is 2. The third kappa shape index (κ3) is 4.31. The average molecular weight is 322 g/mol. The second-order valence-electron chi connectivity index (χ2n) is 5.23. The number of hydrogen-bond donors (Lipinski definition) is 2. The minimum atomic E-state index is -1.71. The van der Waals surface area contributed by atoms with Gasteiger partial charge < -0.3 is 14.9 Å².